The van der Waals surface area contributed by atoms with Crippen molar-refractivity contribution >= 4 is 37.5 Å². The highest BCUT2D eigenvalue weighted by molar-refractivity contribution is 9.10. The first-order valence-electron chi connectivity index (χ1n) is 6.88. The van der Waals surface area contributed by atoms with Crippen LogP contribution in [0.15, 0.2) is 59.2 Å². The van der Waals surface area contributed by atoms with E-state index in [2.05, 4.69) is 30.9 Å². The van der Waals surface area contributed by atoms with Crippen LogP contribution in [0.1, 0.15) is 0 Å². The van der Waals surface area contributed by atoms with Crippen molar-refractivity contribution in [2.75, 3.05) is 0 Å². The minimum atomic E-state index is -0.0121. The van der Waals surface area contributed by atoms with Gasteiger partial charge in [0.2, 0.25) is 5.88 Å². The van der Waals surface area contributed by atoms with Crippen molar-refractivity contribution in [2.24, 2.45) is 0 Å². The predicted octanol–water partition coefficient (Wildman–Crippen LogP) is 4.89. The summed E-state index contributed by atoms with van der Waals surface area (Å²) >= 11 is 4.95. The lowest BCUT2D eigenvalue weighted by Crippen LogP contribution is -1.91. The summed E-state index contributed by atoms with van der Waals surface area (Å²) < 4.78 is 1.69. The molecule has 1 N–H and O–H groups in total. The third-order valence-corrected chi connectivity index (χ3v) is 5.02. The number of aromatic nitrogens is 3. The SMILES string of the molecule is Oc1nc(-c2ccccn2)nc2cc(-c3cccc(Br)c3)sc12. The van der Waals surface area contributed by atoms with Crippen molar-refractivity contribution in [3.05, 3.63) is 59.2 Å². The Morgan fingerprint density at radius 2 is 1.91 bits per heavy atom. The smallest absolute Gasteiger partial charge is 0.233 e. The molecule has 23 heavy (non-hydrogen) atoms. The molecule has 112 valence electrons. The molecular weight excluding hydrogens is 374 g/mol. The van der Waals surface area contributed by atoms with Crippen molar-refractivity contribution in [2.45, 2.75) is 0 Å². The summed E-state index contributed by atoms with van der Waals surface area (Å²) in [6.45, 7) is 0. The largest absolute Gasteiger partial charge is 0.492 e. The molecule has 4 aromatic rings. The maximum Gasteiger partial charge on any atom is 0.233 e. The standard InChI is InChI=1S/C17H10BrN3OS/c18-11-5-3-4-10(8-11)14-9-13-15(23-14)17(22)21-16(20-13)12-6-1-2-7-19-12/h1-9H,(H,20,21,22). The van der Waals surface area contributed by atoms with E-state index in [1.807, 2.05) is 48.5 Å². The number of halogens is 1. The Morgan fingerprint density at radius 3 is 2.70 bits per heavy atom. The molecule has 0 aliphatic carbocycles. The number of benzene rings is 1. The molecule has 0 atom stereocenters. The van der Waals surface area contributed by atoms with Crippen LogP contribution in [-0.4, -0.2) is 20.1 Å². The maximum absolute atomic E-state index is 10.3. The first-order valence-corrected chi connectivity index (χ1v) is 8.49. The van der Waals surface area contributed by atoms with Crippen LogP contribution in [0.25, 0.3) is 32.2 Å². The summed E-state index contributed by atoms with van der Waals surface area (Å²) in [7, 11) is 0. The molecule has 0 fully saturated rings. The lowest BCUT2D eigenvalue weighted by Gasteiger charge is -2.00. The van der Waals surface area contributed by atoms with Gasteiger partial charge in [-0.3, -0.25) is 4.98 Å². The summed E-state index contributed by atoms with van der Waals surface area (Å²) in [5, 5.41) is 10.3. The second kappa shape index (κ2) is 5.72. The van der Waals surface area contributed by atoms with Crippen LogP contribution in [-0.2, 0) is 0 Å². The van der Waals surface area contributed by atoms with Crippen LogP contribution in [0, 0.1) is 0 Å². The van der Waals surface area contributed by atoms with Crippen LogP contribution < -0.4 is 0 Å². The second-order valence-electron chi connectivity index (χ2n) is 4.92. The Hall–Kier alpha value is -2.31. The molecule has 3 aromatic heterocycles. The van der Waals surface area contributed by atoms with Gasteiger partial charge < -0.3 is 5.11 Å². The van der Waals surface area contributed by atoms with Gasteiger partial charge in [0.05, 0.1) is 5.52 Å². The van der Waals surface area contributed by atoms with E-state index in [-0.39, 0.29) is 5.88 Å². The summed E-state index contributed by atoms with van der Waals surface area (Å²) in [4.78, 5) is 14.0. The summed E-state index contributed by atoms with van der Waals surface area (Å²) in [6, 6.07) is 15.5. The molecule has 6 heteroatoms. The van der Waals surface area contributed by atoms with Crippen LogP contribution in [0.3, 0.4) is 0 Å². The van der Waals surface area contributed by atoms with Crippen LogP contribution >= 0.6 is 27.3 Å². The van der Waals surface area contributed by atoms with Gasteiger partial charge in [-0.25, -0.2) is 4.98 Å². The first-order chi connectivity index (χ1) is 11.2. The van der Waals surface area contributed by atoms with E-state index in [4.69, 9.17) is 0 Å². The molecule has 0 spiro atoms. The molecule has 4 rings (SSSR count). The Morgan fingerprint density at radius 1 is 1.00 bits per heavy atom. The summed E-state index contributed by atoms with van der Waals surface area (Å²) in [5.41, 5.74) is 2.43. The van der Waals surface area contributed by atoms with Crippen molar-refractivity contribution < 1.29 is 5.11 Å². The zero-order valence-electron chi connectivity index (χ0n) is 11.8. The fourth-order valence-corrected chi connectivity index (χ4v) is 3.69. The highest BCUT2D eigenvalue weighted by atomic mass is 79.9. The Bertz CT molecular complexity index is 1000. The van der Waals surface area contributed by atoms with Crippen LogP contribution in [0.4, 0.5) is 0 Å². The number of nitrogens with zero attached hydrogens (tertiary/aromatic N) is 3. The number of fused-ring (bicyclic) bond motifs is 1. The molecule has 1 aromatic carbocycles. The number of pyridine rings is 1. The molecule has 0 aliphatic heterocycles. The van der Waals surface area contributed by atoms with Crippen molar-refractivity contribution in [1.82, 2.24) is 15.0 Å². The fraction of sp³-hybridized carbons (Fsp3) is 0. The summed E-state index contributed by atoms with van der Waals surface area (Å²) in [5.74, 6) is 0.413. The highest BCUT2D eigenvalue weighted by Gasteiger charge is 2.14. The minimum Gasteiger partial charge on any atom is -0.492 e. The predicted molar refractivity (Wildman–Crippen MR) is 95.4 cm³/mol. The molecule has 0 saturated carbocycles. The molecule has 0 unspecified atom stereocenters. The van der Waals surface area contributed by atoms with Gasteiger partial charge in [-0.2, -0.15) is 4.98 Å². The van der Waals surface area contributed by atoms with Gasteiger partial charge in [-0.1, -0.05) is 34.1 Å². The number of thiophene rings is 1. The lowest BCUT2D eigenvalue weighted by atomic mass is 10.2. The van der Waals surface area contributed by atoms with E-state index in [1.54, 1.807) is 6.20 Å². The van der Waals surface area contributed by atoms with E-state index in [0.29, 0.717) is 16.2 Å². The zero-order chi connectivity index (χ0) is 15.8. The van der Waals surface area contributed by atoms with Crippen molar-refractivity contribution in [3.8, 4) is 27.8 Å². The van der Waals surface area contributed by atoms with Crippen LogP contribution in [0.5, 0.6) is 5.88 Å². The molecular formula is C17H10BrN3OS. The van der Waals surface area contributed by atoms with E-state index in [9.17, 15) is 5.11 Å². The summed E-state index contributed by atoms with van der Waals surface area (Å²) in [6.07, 6.45) is 1.68. The number of rotatable bonds is 2. The van der Waals surface area contributed by atoms with Gasteiger partial charge in [0.25, 0.3) is 0 Å². The molecule has 0 amide bonds. The van der Waals surface area contributed by atoms with Crippen LogP contribution in [0.2, 0.25) is 0 Å². The van der Waals surface area contributed by atoms with Gasteiger partial charge in [0.1, 0.15) is 10.4 Å². The van der Waals surface area contributed by atoms with Gasteiger partial charge in [0, 0.05) is 15.5 Å². The van der Waals surface area contributed by atoms with Crippen molar-refractivity contribution in [1.29, 1.82) is 0 Å². The topological polar surface area (TPSA) is 58.9 Å². The van der Waals surface area contributed by atoms with E-state index in [0.717, 1.165) is 20.4 Å². The highest BCUT2D eigenvalue weighted by Crippen LogP contribution is 2.37. The molecule has 0 aliphatic rings. The monoisotopic (exact) mass is 383 g/mol. The average molecular weight is 384 g/mol. The first kappa shape index (κ1) is 14.3. The molecule has 0 saturated heterocycles. The normalized spacial score (nSPS) is 11.0. The Balaban J connectivity index is 1.87. The zero-order valence-corrected chi connectivity index (χ0v) is 14.2. The van der Waals surface area contributed by atoms with Gasteiger partial charge in [0.15, 0.2) is 5.82 Å². The van der Waals surface area contributed by atoms with Gasteiger partial charge >= 0.3 is 0 Å². The van der Waals surface area contributed by atoms with E-state index < -0.39 is 0 Å². The molecule has 3 heterocycles. The molecule has 4 nitrogen and oxygen atoms in total. The second-order valence-corrected chi connectivity index (χ2v) is 6.89. The fourth-order valence-electron chi connectivity index (χ4n) is 2.31. The third kappa shape index (κ3) is 2.71. The van der Waals surface area contributed by atoms with Gasteiger partial charge in [-0.15, -0.1) is 11.3 Å². The quantitative estimate of drug-likeness (QED) is 0.535. The number of hydrogen-bond donors (Lipinski definition) is 1. The van der Waals surface area contributed by atoms with E-state index >= 15 is 0 Å². The third-order valence-electron chi connectivity index (χ3n) is 3.36. The number of aromatic hydroxyl groups is 1. The Kier molecular flexibility index (Phi) is 3.55. The number of hydrogen-bond acceptors (Lipinski definition) is 5. The lowest BCUT2D eigenvalue weighted by molar-refractivity contribution is 0.461. The Labute approximate surface area is 144 Å². The van der Waals surface area contributed by atoms with E-state index in [1.165, 1.54) is 11.3 Å². The molecule has 0 radical (unpaired) electrons. The average Bonchev–Trinajstić information content (AvgIpc) is 3.00. The molecule has 0 bridgehead atoms. The van der Waals surface area contributed by atoms with Crippen molar-refractivity contribution in [3.63, 3.8) is 0 Å². The minimum absolute atomic E-state index is 0.0121. The van der Waals surface area contributed by atoms with Gasteiger partial charge in [-0.05, 0) is 35.9 Å². The maximum atomic E-state index is 10.3.